The third-order valence-corrected chi connectivity index (χ3v) is 5.56. The van der Waals surface area contributed by atoms with E-state index in [0.29, 0.717) is 0 Å². The van der Waals surface area contributed by atoms with Gasteiger partial charge < -0.3 is 14.2 Å². The smallest absolute Gasteiger partial charge is 0.318 e. The van der Waals surface area contributed by atoms with E-state index in [9.17, 15) is 4.79 Å². The summed E-state index contributed by atoms with van der Waals surface area (Å²) in [5.41, 5.74) is 1.67. The molecular weight excluding hydrogens is 392 g/mol. The molecule has 2 unspecified atom stereocenters. The van der Waals surface area contributed by atoms with Crippen molar-refractivity contribution in [3.05, 3.63) is 57.8 Å². The van der Waals surface area contributed by atoms with Gasteiger partial charge in [0.25, 0.3) is 0 Å². The van der Waals surface area contributed by atoms with Crippen LogP contribution in [0.1, 0.15) is 28.8 Å². The Balaban J connectivity index is 2.53. The van der Waals surface area contributed by atoms with Gasteiger partial charge in [-0.25, -0.2) is 0 Å². The Hall–Kier alpha value is -1.21. The number of carbonyl (C=O) groups is 1. The summed E-state index contributed by atoms with van der Waals surface area (Å²) >= 11 is 5.09. The van der Waals surface area contributed by atoms with Crippen LogP contribution in [0.25, 0.3) is 0 Å². The second kappa shape index (κ2) is 8.25. The maximum absolute atomic E-state index is 12.4. The topological polar surface area (TPSA) is 44.8 Å². The van der Waals surface area contributed by atoms with Crippen molar-refractivity contribution in [3.63, 3.8) is 0 Å². The van der Waals surface area contributed by atoms with E-state index in [1.165, 1.54) is 18.4 Å². The number of esters is 1. The quantitative estimate of drug-likeness (QED) is 0.386. The normalized spacial score (nSPS) is 14.2. The fourth-order valence-electron chi connectivity index (χ4n) is 2.80. The first-order valence-electron chi connectivity index (χ1n) is 7.46. The van der Waals surface area contributed by atoms with E-state index in [1.807, 2.05) is 48.7 Å². The Kier molecular flexibility index (Phi) is 6.57. The van der Waals surface area contributed by atoms with E-state index in [-0.39, 0.29) is 10.8 Å². The zero-order valence-corrected chi connectivity index (χ0v) is 16.5. The van der Waals surface area contributed by atoms with Crippen LogP contribution >= 0.6 is 27.3 Å². The summed E-state index contributed by atoms with van der Waals surface area (Å²) in [5.74, 6) is -1.69. The van der Waals surface area contributed by atoms with Crippen LogP contribution in [0.2, 0.25) is 0 Å². The van der Waals surface area contributed by atoms with Crippen LogP contribution in [-0.4, -0.2) is 32.1 Å². The summed E-state index contributed by atoms with van der Waals surface area (Å²) in [4.78, 5) is 13.2. The van der Waals surface area contributed by atoms with Crippen LogP contribution in [-0.2, 0) is 24.8 Å². The molecule has 0 aliphatic carbocycles. The number of rotatable bonds is 7. The van der Waals surface area contributed by atoms with Gasteiger partial charge in [-0.3, -0.25) is 4.79 Å². The SMILES string of the molecule is COC(=O)C(c1cccc(C(OC)(OC)C(C)Br)c1)c1cccs1. The fourth-order valence-corrected chi connectivity index (χ4v) is 4.28. The molecule has 2 atom stereocenters. The Morgan fingerprint density at radius 2 is 1.88 bits per heavy atom. The van der Waals surface area contributed by atoms with E-state index >= 15 is 0 Å². The van der Waals surface area contributed by atoms with Crippen molar-refractivity contribution < 1.29 is 19.0 Å². The molecule has 0 saturated heterocycles. The zero-order valence-electron chi connectivity index (χ0n) is 14.1. The predicted molar refractivity (Wildman–Crippen MR) is 98.7 cm³/mol. The van der Waals surface area contributed by atoms with E-state index in [1.54, 1.807) is 14.2 Å². The molecule has 0 aliphatic heterocycles. The number of thiophene rings is 1. The number of hydrogen-bond acceptors (Lipinski definition) is 5. The molecule has 6 heteroatoms. The highest BCUT2D eigenvalue weighted by Crippen LogP contribution is 2.37. The van der Waals surface area contributed by atoms with Gasteiger partial charge in [0.05, 0.1) is 11.9 Å². The molecule has 130 valence electrons. The summed E-state index contributed by atoms with van der Waals surface area (Å²) in [6.07, 6.45) is 0. The van der Waals surface area contributed by atoms with Crippen LogP contribution < -0.4 is 0 Å². The van der Waals surface area contributed by atoms with Crippen molar-refractivity contribution in [2.75, 3.05) is 21.3 Å². The lowest BCUT2D eigenvalue weighted by Crippen LogP contribution is -2.38. The minimum absolute atomic E-state index is 0.0893. The van der Waals surface area contributed by atoms with E-state index in [0.717, 1.165) is 16.0 Å². The number of halogens is 1. The Bertz CT molecular complexity index is 665. The molecule has 0 radical (unpaired) electrons. The highest BCUT2D eigenvalue weighted by molar-refractivity contribution is 9.09. The summed E-state index contributed by atoms with van der Waals surface area (Å²) in [6.45, 7) is 1.96. The Labute approximate surface area is 154 Å². The first-order chi connectivity index (χ1) is 11.5. The highest BCUT2D eigenvalue weighted by Gasteiger charge is 2.38. The molecule has 0 N–H and O–H groups in total. The standard InChI is InChI=1S/C18H21BrO4S/c1-12(19)18(22-3,23-4)14-8-5-7-13(11-14)16(17(20)21-2)15-9-6-10-24-15/h5-12,16H,1-4H3. The monoisotopic (exact) mass is 412 g/mol. The molecule has 0 saturated carbocycles. The van der Waals surface area contributed by atoms with Gasteiger partial charge in [0, 0.05) is 24.7 Å². The molecule has 0 aliphatic rings. The van der Waals surface area contributed by atoms with Crippen molar-refractivity contribution in [2.45, 2.75) is 23.5 Å². The molecule has 1 aromatic carbocycles. The second-order valence-corrected chi connectivity index (χ2v) is 7.64. The molecule has 0 bridgehead atoms. The van der Waals surface area contributed by atoms with Gasteiger partial charge in [0.15, 0.2) is 0 Å². The minimum Gasteiger partial charge on any atom is -0.468 e. The minimum atomic E-state index is -0.938. The maximum atomic E-state index is 12.4. The van der Waals surface area contributed by atoms with Crippen LogP contribution in [0.3, 0.4) is 0 Å². The third kappa shape index (κ3) is 3.57. The molecule has 1 heterocycles. The average molecular weight is 413 g/mol. The lowest BCUT2D eigenvalue weighted by molar-refractivity contribution is -0.212. The maximum Gasteiger partial charge on any atom is 0.318 e. The number of methoxy groups -OCH3 is 3. The van der Waals surface area contributed by atoms with Crippen LogP contribution in [0.4, 0.5) is 0 Å². The summed E-state index contributed by atoms with van der Waals surface area (Å²) in [6, 6.07) is 11.5. The molecule has 0 spiro atoms. The van der Waals surface area contributed by atoms with Crippen molar-refractivity contribution in [2.24, 2.45) is 0 Å². The van der Waals surface area contributed by atoms with E-state index < -0.39 is 11.7 Å². The van der Waals surface area contributed by atoms with Crippen LogP contribution in [0.15, 0.2) is 41.8 Å². The van der Waals surface area contributed by atoms with Crippen molar-refractivity contribution in [1.82, 2.24) is 0 Å². The number of hydrogen-bond donors (Lipinski definition) is 0. The summed E-state index contributed by atoms with van der Waals surface area (Å²) < 4.78 is 16.3. The number of benzene rings is 1. The molecule has 0 amide bonds. The van der Waals surface area contributed by atoms with Crippen molar-refractivity contribution in [3.8, 4) is 0 Å². The number of carbonyl (C=O) groups excluding carboxylic acids is 1. The van der Waals surface area contributed by atoms with Crippen LogP contribution in [0.5, 0.6) is 0 Å². The molecule has 2 aromatic rings. The van der Waals surface area contributed by atoms with E-state index in [2.05, 4.69) is 15.9 Å². The van der Waals surface area contributed by atoms with Gasteiger partial charge in [0.1, 0.15) is 5.92 Å². The number of alkyl halides is 1. The van der Waals surface area contributed by atoms with Gasteiger partial charge >= 0.3 is 5.97 Å². The molecule has 4 nitrogen and oxygen atoms in total. The lowest BCUT2D eigenvalue weighted by atomic mass is 9.92. The Morgan fingerprint density at radius 3 is 2.38 bits per heavy atom. The third-order valence-electron chi connectivity index (χ3n) is 4.02. The van der Waals surface area contributed by atoms with Gasteiger partial charge in [0.2, 0.25) is 5.79 Å². The molecule has 2 rings (SSSR count). The molecule has 24 heavy (non-hydrogen) atoms. The number of ether oxygens (including phenoxy) is 3. The van der Waals surface area contributed by atoms with Crippen molar-refractivity contribution >= 4 is 33.2 Å². The highest BCUT2D eigenvalue weighted by atomic mass is 79.9. The average Bonchev–Trinajstić information content (AvgIpc) is 3.11. The van der Waals surface area contributed by atoms with Gasteiger partial charge in [-0.2, -0.15) is 0 Å². The summed E-state index contributed by atoms with van der Waals surface area (Å²) in [7, 11) is 4.61. The first kappa shape index (κ1) is 19.1. The fraction of sp³-hybridized carbons (Fsp3) is 0.389. The molecular formula is C18H21BrO4S. The predicted octanol–water partition coefficient (Wildman–Crippen LogP) is 4.28. The van der Waals surface area contributed by atoms with Gasteiger partial charge in [-0.15, -0.1) is 11.3 Å². The summed E-state index contributed by atoms with van der Waals surface area (Å²) in [5, 5.41) is 1.95. The van der Waals surface area contributed by atoms with E-state index in [4.69, 9.17) is 14.2 Å². The van der Waals surface area contributed by atoms with Gasteiger partial charge in [-0.1, -0.05) is 40.2 Å². The molecule has 0 fully saturated rings. The van der Waals surface area contributed by atoms with Gasteiger partial charge in [-0.05, 0) is 30.0 Å². The zero-order chi connectivity index (χ0) is 17.7. The van der Waals surface area contributed by atoms with Crippen molar-refractivity contribution in [1.29, 1.82) is 0 Å². The first-order valence-corrected chi connectivity index (χ1v) is 9.25. The Morgan fingerprint density at radius 1 is 1.17 bits per heavy atom. The molecule has 1 aromatic heterocycles. The second-order valence-electron chi connectivity index (χ2n) is 5.29. The largest absolute Gasteiger partial charge is 0.468 e. The van der Waals surface area contributed by atoms with Crippen LogP contribution in [0, 0.1) is 0 Å². The lowest BCUT2D eigenvalue weighted by Gasteiger charge is -2.34.